The first-order chi connectivity index (χ1) is 17.5. The number of methoxy groups -OCH3 is 1. The number of amides is 3. The van der Waals surface area contributed by atoms with Gasteiger partial charge in [-0.3, -0.25) is 14.4 Å². The molecule has 0 bridgehead atoms. The lowest BCUT2D eigenvalue weighted by Crippen LogP contribution is -2.44. The number of ether oxygens (including phenoxy) is 1. The van der Waals surface area contributed by atoms with Gasteiger partial charge in [0.1, 0.15) is 11.8 Å². The molecule has 1 saturated heterocycles. The molecule has 1 N–H and O–H groups in total. The van der Waals surface area contributed by atoms with E-state index in [-0.39, 0.29) is 23.8 Å². The highest BCUT2D eigenvalue weighted by molar-refractivity contribution is 6.11. The summed E-state index contributed by atoms with van der Waals surface area (Å²) in [7, 11) is 1.62. The minimum atomic E-state index is -0.422. The Hall–Kier alpha value is -4.13. The zero-order valence-electron chi connectivity index (χ0n) is 20.4. The summed E-state index contributed by atoms with van der Waals surface area (Å²) in [5.74, 6) is 0.458. The maximum absolute atomic E-state index is 13.5. The maximum Gasteiger partial charge on any atom is 0.256 e. The molecule has 7 heteroatoms. The SMILES string of the molecule is COc1ccc([C@H](C)NC(=O)c2ccc(CN3C(=O)[C@H]4CCCN4C(=O)c4ccccc43)cc2)cc1. The van der Waals surface area contributed by atoms with Crippen LogP contribution in [-0.2, 0) is 11.3 Å². The summed E-state index contributed by atoms with van der Waals surface area (Å²) in [5, 5.41) is 3.02. The number of fused-ring (bicyclic) bond motifs is 2. The van der Waals surface area contributed by atoms with E-state index in [1.807, 2.05) is 61.5 Å². The Morgan fingerprint density at radius 1 is 1.03 bits per heavy atom. The molecule has 2 heterocycles. The molecule has 184 valence electrons. The molecule has 1 fully saturated rings. The van der Waals surface area contributed by atoms with E-state index >= 15 is 0 Å². The fourth-order valence-electron chi connectivity index (χ4n) is 4.97. The van der Waals surface area contributed by atoms with E-state index < -0.39 is 6.04 Å². The molecule has 2 atom stereocenters. The number of rotatable bonds is 6. The fraction of sp³-hybridized carbons (Fsp3) is 0.276. The smallest absolute Gasteiger partial charge is 0.256 e. The van der Waals surface area contributed by atoms with E-state index in [1.54, 1.807) is 35.1 Å². The summed E-state index contributed by atoms with van der Waals surface area (Å²) in [6.07, 6.45) is 1.51. The van der Waals surface area contributed by atoms with Gasteiger partial charge in [0.25, 0.3) is 11.8 Å². The second-order valence-corrected chi connectivity index (χ2v) is 9.26. The zero-order chi connectivity index (χ0) is 25.2. The number of hydrogen-bond acceptors (Lipinski definition) is 4. The van der Waals surface area contributed by atoms with E-state index in [1.165, 1.54) is 0 Å². The van der Waals surface area contributed by atoms with E-state index in [0.29, 0.717) is 36.3 Å². The molecule has 3 aromatic rings. The van der Waals surface area contributed by atoms with Crippen molar-refractivity contribution in [1.82, 2.24) is 10.2 Å². The van der Waals surface area contributed by atoms with Gasteiger partial charge in [-0.05, 0) is 67.3 Å². The Bertz CT molecular complexity index is 1290. The third-order valence-corrected chi connectivity index (χ3v) is 7.01. The molecular formula is C29H29N3O4. The molecule has 36 heavy (non-hydrogen) atoms. The largest absolute Gasteiger partial charge is 0.497 e. The Kier molecular flexibility index (Phi) is 6.46. The molecule has 5 rings (SSSR count). The molecule has 3 amide bonds. The normalized spacial score (nSPS) is 17.8. The van der Waals surface area contributed by atoms with Crippen molar-refractivity contribution in [3.63, 3.8) is 0 Å². The van der Waals surface area contributed by atoms with Gasteiger partial charge in [0.05, 0.1) is 30.9 Å². The van der Waals surface area contributed by atoms with Crippen molar-refractivity contribution in [2.45, 2.75) is 38.4 Å². The van der Waals surface area contributed by atoms with Crippen LogP contribution in [0.5, 0.6) is 5.75 Å². The van der Waals surface area contributed by atoms with E-state index in [2.05, 4.69) is 5.32 Å². The third kappa shape index (κ3) is 4.44. The first-order valence-electron chi connectivity index (χ1n) is 12.2. The first-order valence-corrected chi connectivity index (χ1v) is 12.2. The van der Waals surface area contributed by atoms with Crippen molar-refractivity contribution in [3.8, 4) is 5.75 Å². The zero-order valence-corrected chi connectivity index (χ0v) is 20.4. The number of benzene rings is 3. The van der Waals surface area contributed by atoms with Gasteiger partial charge in [-0.1, -0.05) is 36.4 Å². The van der Waals surface area contributed by atoms with Crippen molar-refractivity contribution >= 4 is 23.4 Å². The van der Waals surface area contributed by atoms with Gasteiger partial charge in [-0.15, -0.1) is 0 Å². The predicted octanol–water partition coefficient (Wildman–Crippen LogP) is 4.34. The van der Waals surface area contributed by atoms with Gasteiger partial charge in [0.15, 0.2) is 0 Å². The molecule has 0 unspecified atom stereocenters. The summed E-state index contributed by atoms with van der Waals surface area (Å²) >= 11 is 0. The van der Waals surface area contributed by atoms with Gasteiger partial charge in [0, 0.05) is 12.1 Å². The number of nitrogens with zero attached hydrogens (tertiary/aromatic N) is 2. The number of para-hydroxylation sites is 1. The van der Waals surface area contributed by atoms with Crippen LogP contribution in [0.15, 0.2) is 72.8 Å². The number of nitrogens with one attached hydrogen (secondary N) is 1. The average molecular weight is 484 g/mol. The molecule has 7 nitrogen and oxygen atoms in total. The second-order valence-electron chi connectivity index (χ2n) is 9.26. The predicted molar refractivity (Wildman–Crippen MR) is 137 cm³/mol. The van der Waals surface area contributed by atoms with Crippen LogP contribution in [0.25, 0.3) is 0 Å². The van der Waals surface area contributed by atoms with Crippen molar-refractivity contribution in [2.75, 3.05) is 18.6 Å². The van der Waals surface area contributed by atoms with E-state index in [0.717, 1.165) is 23.3 Å². The van der Waals surface area contributed by atoms with Gasteiger partial charge in [-0.2, -0.15) is 0 Å². The summed E-state index contributed by atoms with van der Waals surface area (Å²) in [6, 6.07) is 21.6. The molecule has 0 spiro atoms. The lowest BCUT2D eigenvalue weighted by molar-refractivity contribution is -0.122. The number of anilines is 1. The fourth-order valence-corrected chi connectivity index (χ4v) is 4.97. The number of carbonyl (C=O) groups is 3. The minimum Gasteiger partial charge on any atom is -0.497 e. The Labute approximate surface area is 210 Å². The van der Waals surface area contributed by atoms with Crippen molar-refractivity contribution < 1.29 is 19.1 Å². The van der Waals surface area contributed by atoms with Crippen LogP contribution in [0.4, 0.5) is 5.69 Å². The van der Waals surface area contributed by atoms with Crippen molar-refractivity contribution in [1.29, 1.82) is 0 Å². The molecule has 3 aromatic carbocycles. The lowest BCUT2D eigenvalue weighted by Gasteiger charge is -2.26. The summed E-state index contributed by atoms with van der Waals surface area (Å²) in [4.78, 5) is 42.8. The molecule has 0 saturated carbocycles. The third-order valence-electron chi connectivity index (χ3n) is 7.01. The van der Waals surface area contributed by atoms with Crippen LogP contribution in [0.2, 0.25) is 0 Å². The van der Waals surface area contributed by atoms with Gasteiger partial charge < -0.3 is 19.9 Å². The highest BCUT2D eigenvalue weighted by atomic mass is 16.5. The molecule has 0 aromatic heterocycles. The van der Waals surface area contributed by atoms with Crippen molar-refractivity contribution in [3.05, 3.63) is 95.1 Å². The van der Waals surface area contributed by atoms with E-state index in [4.69, 9.17) is 4.74 Å². The van der Waals surface area contributed by atoms with Gasteiger partial charge in [-0.25, -0.2) is 0 Å². The van der Waals surface area contributed by atoms with Crippen LogP contribution >= 0.6 is 0 Å². The van der Waals surface area contributed by atoms with Crippen LogP contribution in [0.3, 0.4) is 0 Å². The standard InChI is InChI=1S/C29H29N3O4/c1-19(21-13-15-23(36-2)16-14-21)30-27(33)22-11-9-20(10-12-22)18-32-25-7-4-3-6-24(25)28(34)31-17-5-8-26(31)29(32)35/h3-4,6-7,9-16,19,26H,5,8,17-18H2,1-2H3,(H,30,33)/t19-,26+/m0/s1. The van der Waals surface area contributed by atoms with Gasteiger partial charge in [0.2, 0.25) is 5.91 Å². The molecule has 0 aliphatic carbocycles. The highest BCUT2D eigenvalue weighted by Gasteiger charge is 2.41. The molecule has 2 aliphatic rings. The Morgan fingerprint density at radius 2 is 1.75 bits per heavy atom. The Morgan fingerprint density at radius 3 is 2.47 bits per heavy atom. The quantitative estimate of drug-likeness (QED) is 0.566. The average Bonchev–Trinajstić information content (AvgIpc) is 3.39. The topological polar surface area (TPSA) is 79.0 Å². The minimum absolute atomic E-state index is 0.0547. The highest BCUT2D eigenvalue weighted by Crippen LogP contribution is 2.33. The van der Waals surface area contributed by atoms with Crippen LogP contribution in [-0.4, -0.2) is 42.3 Å². The first kappa shape index (κ1) is 23.6. The number of hydrogen-bond donors (Lipinski definition) is 1. The van der Waals surface area contributed by atoms with Crippen LogP contribution in [0.1, 0.15) is 57.7 Å². The van der Waals surface area contributed by atoms with Crippen LogP contribution in [0, 0.1) is 0 Å². The second kappa shape index (κ2) is 9.85. The van der Waals surface area contributed by atoms with E-state index in [9.17, 15) is 14.4 Å². The molecular weight excluding hydrogens is 454 g/mol. The molecule has 0 radical (unpaired) electrons. The van der Waals surface area contributed by atoms with Crippen LogP contribution < -0.4 is 15.0 Å². The summed E-state index contributed by atoms with van der Waals surface area (Å²) in [6.45, 7) is 2.87. The lowest BCUT2D eigenvalue weighted by atomic mass is 10.1. The Balaban J connectivity index is 1.32. The summed E-state index contributed by atoms with van der Waals surface area (Å²) < 4.78 is 5.19. The monoisotopic (exact) mass is 483 g/mol. The maximum atomic E-state index is 13.5. The summed E-state index contributed by atoms with van der Waals surface area (Å²) in [5.41, 5.74) is 3.60. The number of carbonyl (C=O) groups excluding carboxylic acids is 3. The van der Waals surface area contributed by atoms with Gasteiger partial charge >= 0.3 is 0 Å². The van der Waals surface area contributed by atoms with Crippen molar-refractivity contribution in [2.24, 2.45) is 0 Å². The molecule has 2 aliphatic heterocycles.